The van der Waals surface area contributed by atoms with E-state index in [1.54, 1.807) is 18.4 Å². The number of hydrogen-bond acceptors (Lipinski definition) is 4. The maximum absolute atomic E-state index is 13.2. The molecule has 2 heterocycles. The van der Waals surface area contributed by atoms with Crippen LogP contribution in [0.15, 0.2) is 84.5 Å². The minimum absolute atomic E-state index is 0.117. The Morgan fingerprint density at radius 3 is 2.61 bits per heavy atom. The van der Waals surface area contributed by atoms with Crippen molar-refractivity contribution in [3.8, 4) is 11.4 Å². The number of amides is 1. The van der Waals surface area contributed by atoms with Gasteiger partial charge < -0.3 is 9.64 Å². The summed E-state index contributed by atoms with van der Waals surface area (Å²) in [6.07, 6.45) is 4.91. The van der Waals surface area contributed by atoms with Gasteiger partial charge in [-0.1, -0.05) is 42.5 Å². The van der Waals surface area contributed by atoms with E-state index in [0.29, 0.717) is 25.9 Å². The monoisotopic (exact) mass is 431 g/mol. The van der Waals surface area contributed by atoms with Gasteiger partial charge in [0.2, 0.25) is 5.91 Å². The Bertz CT molecular complexity index is 1110. The van der Waals surface area contributed by atoms with Crippen LogP contribution in [0.4, 0.5) is 0 Å². The van der Waals surface area contributed by atoms with Gasteiger partial charge >= 0.3 is 0 Å². The van der Waals surface area contributed by atoms with E-state index in [9.17, 15) is 4.79 Å². The van der Waals surface area contributed by atoms with Gasteiger partial charge in [-0.05, 0) is 41.6 Å². The molecule has 5 nitrogen and oxygen atoms in total. The highest BCUT2D eigenvalue weighted by molar-refractivity contribution is 7.09. The average Bonchev–Trinajstić information content (AvgIpc) is 3.50. The molecule has 0 N–H and O–H groups in total. The molecule has 4 aromatic rings. The van der Waals surface area contributed by atoms with Gasteiger partial charge in [0.25, 0.3) is 0 Å². The molecule has 158 valence electrons. The van der Waals surface area contributed by atoms with Crippen molar-refractivity contribution in [2.24, 2.45) is 0 Å². The third kappa shape index (κ3) is 5.41. The van der Waals surface area contributed by atoms with Crippen molar-refractivity contribution in [3.05, 3.63) is 101 Å². The fourth-order valence-corrected chi connectivity index (χ4v) is 4.20. The van der Waals surface area contributed by atoms with Crippen molar-refractivity contribution in [1.82, 2.24) is 14.7 Å². The van der Waals surface area contributed by atoms with Gasteiger partial charge in [-0.15, -0.1) is 11.3 Å². The summed E-state index contributed by atoms with van der Waals surface area (Å²) < 4.78 is 7.33. The molecule has 1 amide bonds. The van der Waals surface area contributed by atoms with Gasteiger partial charge in [0.1, 0.15) is 5.75 Å². The fourth-order valence-electron chi connectivity index (χ4n) is 3.48. The predicted molar refractivity (Wildman–Crippen MR) is 123 cm³/mol. The summed E-state index contributed by atoms with van der Waals surface area (Å²) >= 11 is 1.67. The topological polar surface area (TPSA) is 47.4 Å². The normalized spacial score (nSPS) is 10.7. The fraction of sp³-hybridized carbons (Fsp3) is 0.200. The Morgan fingerprint density at radius 2 is 1.84 bits per heavy atom. The van der Waals surface area contributed by atoms with Gasteiger partial charge in [0.05, 0.1) is 25.5 Å². The number of nitrogens with zero attached hydrogens (tertiary/aromatic N) is 3. The van der Waals surface area contributed by atoms with E-state index in [0.717, 1.165) is 22.6 Å². The number of para-hydroxylation sites is 2. The maximum Gasteiger partial charge on any atom is 0.223 e. The molecule has 0 unspecified atom stereocenters. The largest absolute Gasteiger partial charge is 0.496 e. The zero-order valence-corrected chi connectivity index (χ0v) is 18.3. The van der Waals surface area contributed by atoms with Crippen LogP contribution in [0.3, 0.4) is 0 Å². The van der Waals surface area contributed by atoms with Crippen molar-refractivity contribution >= 4 is 17.2 Å². The lowest BCUT2D eigenvalue weighted by Gasteiger charge is -2.23. The number of carbonyl (C=O) groups is 1. The number of ether oxygens (including phenoxy) is 1. The lowest BCUT2D eigenvalue weighted by Crippen LogP contribution is -2.30. The van der Waals surface area contributed by atoms with Crippen LogP contribution in [0.5, 0.6) is 5.75 Å². The third-order valence-corrected chi connectivity index (χ3v) is 5.98. The van der Waals surface area contributed by atoms with Crippen molar-refractivity contribution in [3.63, 3.8) is 0 Å². The molecule has 6 heteroatoms. The Balaban J connectivity index is 1.45. The maximum atomic E-state index is 13.2. The molecule has 2 aromatic heterocycles. The highest BCUT2D eigenvalue weighted by Gasteiger charge is 2.17. The van der Waals surface area contributed by atoms with Crippen LogP contribution >= 0.6 is 11.3 Å². The summed E-state index contributed by atoms with van der Waals surface area (Å²) in [5.41, 5.74) is 3.06. The molecule has 0 spiro atoms. The quantitative estimate of drug-likeness (QED) is 0.370. The molecule has 0 radical (unpaired) electrons. The highest BCUT2D eigenvalue weighted by atomic mass is 32.1. The number of methoxy groups -OCH3 is 1. The van der Waals surface area contributed by atoms with Crippen molar-refractivity contribution in [1.29, 1.82) is 0 Å². The number of carbonyl (C=O) groups excluding carboxylic acids is 1. The zero-order chi connectivity index (χ0) is 21.5. The van der Waals surface area contributed by atoms with E-state index in [1.807, 2.05) is 88.0 Å². The first-order valence-corrected chi connectivity index (χ1v) is 11.1. The van der Waals surface area contributed by atoms with E-state index in [1.165, 1.54) is 4.88 Å². The molecular formula is C25H25N3O2S. The number of aromatic nitrogens is 2. The van der Waals surface area contributed by atoms with Crippen LogP contribution < -0.4 is 4.74 Å². The zero-order valence-electron chi connectivity index (χ0n) is 17.5. The third-order valence-electron chi connectivity index (χ3n) is 5.12. The summed E-state index contributed by atoms with van der Waals surface area (Å²) in [5, 5.41) is 6.48. The summed E-state index contributed by atoms with van der Waals surface area (Å²) in [7, 11) is 1.66. The van der Waals surface area contributed by atoms with Crippen LogP contribution in [-0.4, -0.2) is 27.7 Å². The molecule has 0 aliphatic rings. The number of thiophene rings is 1. The first kappa shape index (κ1) is 20.9. The van der Waals surface area contributed by atoms with Crippen LogP contribution in [0.2, 0.25) is 0 Å². The molecule has 0 aliphatic carbocycles. The Hall–Kier alpha value is -3.38. The second kappa shape index (κ2) is 10.1. The predicted octanol–water partition coefficient (Wildman–Crippen LogP) is 5.10. The van der Waals surface area contributed by atoms with Gasteiger partial charge in [-0.2, -0.15) is 5.10 Å². The molecular weight excluding hydrogens is 406 g/mol. The standard InChI is InChI=1S/C25H25N3O2S/c1-30-24-12-6-5-8-21(24)18-27(19-23-11-7-15-31-23)25(29)14-13-20-16-26-28(17-20)22-9-3-2-4-10-22/h2-12,15-17H,13-14,18-19H2,1H3. The smallest absolute Gasteiger partial charge is 0.223 e. The Kier molecular flexibility index (Phi) is 6.79. The van der Waals surface area contributed by atoms with Gasteiger partial charge in [-0.3, -0.25) is 4.79 Å². The average molecular weight is 432 g/mol. The Morgan fingerprint density at radius 1 is 1.03 bits per heavy atom. The number of rotatable bonds is 9. The van der Waals surface area contributed by atoms with Crippen LogP contribution in [0, 0.1) is 0 Å². The van der Waals surface area contributed by atoms with Gasteiger partial charge in [0, 0.05) is 29.6 Å². The van der Waals surface area contributed by atoms with Crippen LogP contribution in [0.25, 0.3) is 5.69 Å². The minimum atomic E-state index is 0.117. The van der Waals surface area contributed by atoms with E-state index in [-0.39, 0.29) is 5.91 Å². The van der Waals surface area contributed by atoms with Crippen molar-refractivity contribution in [2.75, 3.05) is 7.11 Å². The molecule has 4 rings (SSSR count). The number of benzene rings is 2. The number of aryl methyl sites for hydroxylation is 1. The Labute approximate surface area is 186 Å². The summed E-state index contributed by atoms with van der Waals surface area (Å²) in [5.74, 6) is 0.919. The van der Waals surface area contributed by atoms with E-state index >= 15 is 0 Å². The van der Waals surface area contributed by atoms with E-state index in [2.05, 4.69) is 11.2 Å². The molecule has 0 atom stereocenters. The minimum Gasteiger partial charge on any atom is -0.496 e. The lowest BCUT2D eigenvalue weighted by molar-refractivity contribution is -0.132. The van der Waals surface area contributed by atoms with Crippen molar-refractivity contribution in [2.45, 2.75) is 25.9 Å². The van der Waals surface area contributed by atoms with Gasteiger partial charge in [-0.25, -0.2) is 4.68 Å². The van der Waals surface area contributed by atoms with Gasteiger partial charge in [0.15, 0.2) is 0 Å². The van der Waals surface area contributed by atoms with E-state index in [4.69, 9.17) is 4.74 Å². The van der Waals surface area contributed by atoms with E-state index < -0.39 is 0 Å². The van der Waals surface area contributed by atoms with Crippen LogP contribution in [-0.2, 0) is 24.3 Å². The molecule has 2 aromatic carbocycles. The number of hydrogen-bond donors (Lipinski definition) is 0. The molecule has 0 saturated carbocycles. The molecule has 31 heavy (non-hydrogen) atoms. The first-order chi connectivity index (χ1) is 15.2. The second-order valence-electron chi connectivity index (χ2n) is 7.27. The SMILES string of the molecule is COc1ccccc1CN(Cc1cccs1)C(=O)CCc1cnn(-c2ccccc2)c1. The molecule has 0 fully saturated rings. The highest BCUT2D eigenvalue weighted by Crippen LogP contribution is 2.22. The summed E-state index contributed by atoms with van der Waals surface area (Å²) in [6.45, 7) is 1.11. The van der Waals surface area contributed by atoms with Crippen LogP contribution in [0.1, 0.15) is 22.4 Å². The summed E-state index contributed by atoms with van der Waals surface area (Å²) in [6, 6.07) is 21.9. The first-order valence-electron chi connectivity index (χ1n) is 10.2. The van der Waals surface area contributed by atoms with Crippen molar-refractivity contribution < 1.29 is 9.53 Å². The molecule has 0 aliphatic heterocycles. The summed E-state index contributed by atoms with van der Waals surface area (Å²) in [4.78, 5) is 16.3. The molecule has 0 saturated heterocycles. The molecule has 0 bridgehead atoms. The second-order valence-corrected chi connectivity index (χ2v) is 8.30. The lowest BCUT2D eigenvalue weighted by atomic mass is 10.1.